The van der Waals surface area contributed by atoms with Crippen LogP contribution in [-0.2, 0) is 4.74 Å². The van der Waals surface area contributed by atoms with Crippen molar-refractivity contribution < 1.29 is 37.2 Å². The number of halogens is 4. The SMILES string of the molecule is C=C.CF.Cc1c(/C=c2\c(C#N)c(N)s\c2=C/F)c(F)cc2c(N3CCOCC4CC43)nc(OC(O)O)nc12.FC1CC2CCCN2C1. The molecular formula is C33H40F4N6O4S. The molecule has 2 aromatic heterocycles. The van der Waals surface area contributed by atoms with E-state index < -0.39 is 18.5 Å². The predicted octanol–water partition coefficient (Wildman–Crippen LogP) is 3.58. The number of alkyl halides is 2. The molecule has 10 nitrogen and oxygen atoms in total. The van der Waals surface area contributed by atoms with Gasteiger partial charge in [-0.2, -0.15) is 15.2 Å². The van der Waals surface area contributed by atoms with Gasteiger partial charge >= 0.3 is 12.5 Å². The molecule has 4 unspecified atom stereocenters. The predicted molar refractivity (Wildman–Crippen MR) is 177 cm³/mol. The Kier molecular flexibility index (Phi) is 12.7. The zero-order chi connectivity index (χ0) is 35.1. The maximum absolute atomic E-state index is 15.5. The van der Waals surface area contributed by atoms with Crippen LogP contribution in [0.3, 0.4) is 0 Å². The standard InChI is InChI=1S/C23H21F2N5O4S.C7H12FN.C2H4.CH3F/c1-10-12(5-13-15(8-26)20(27)35-18(13)7-24)16(25)6-14-19(10)28-22(34-23(31)32)29-21(14)30-2-3-33-9-11-4-17(11)30;8-6-4-7-2-1-3-9(7)5-6;2*1-2/h5-7,11,17,23,31-32H,2-4,9,27H2,1H3;6-7H,1-5H2;1-2H2;1H3/b13-5+,18-7-;;;. The quantitative estimate of drug-likeness (QED) is 0.211. The number of benzene rings is 1. The van der Waals surface area contributed by atoms with Crippen LogP contribution >= 0.6 is 11.3 Å². The zero-order valence-corrected chi connectivity index (χ0v) is 27.7. The molecule has 0 bridgehead atoms. The molecule has 3 saturated heterocycles. The summed E-state index contributed by atoms with van der Waals surface area (Å²) in [5.41, 5.74) is 6.66. The van der Waals surface area contributed by atoms with E-state index in [1.165, 1.54) is 25.0 Å². The first kappa shape index (κ1) is 37.0. The highest BCUT2D eigenvalue weighted by Crippen LogP contribution is 2.42. The fraction of sp³-hybridized carbons (Fsp3) is 0.485. The number of aryl methyl sites for hydroxylation is 1. The minimum Gasteiger partial charge on any atom is -0.408 e. The van der Waals surface area contributed by atoms with Crippen LogP contribution in [0.15, 0.2) is 19.2 Å². The van der Waals surface area contributed by atoms with Crippen LogP contribution in [0.2, 0.25) is 0 Å². The number of ether oxygens (including phenoxy) is 2. The van der Waals surface area contributed by atoms with E-state index in [9.17, 15) is 28.6 Å². The van der Waals surface area contributed by atoms with Crippen molar-refractivity contribution in [3.8, 4) is 12.1 Å². The second kappa shape index (κ2) is 16.5. The maximum atomic E-state index is 15.5. The molecule has 260 valence electrons. The van der Waals surface area contributed by atoms with Gasteiger partial charge < -0.3 is 30.3 Å². The van der Waals surface area contributed by atoms with Crippen LogP contribution in [-0.4, -0.2) is 89.8 Å². The van der Waals surface area contributed by atoms with Crippen molar-refractivity contribution >= 4 is 45.5 Å². The van der Waals surface area contributed by atoms with Gasteiger partial charge in [0.2, 0.25) is 0 Å². The largest absolute Gasteiger partial charge is 0.408 e. The van der Waals surface area contributed by atoms with Gasteiger partial charge in [-0.1, -0.05) is 0 Å². The average Bonchev–Trinajstić information content (AvgIpc) is 3.48. The van der Waals surface area contributed by atoms with Crippen molar-refractivity contribution in [2.75, 3.05) is 50.7 Å². The summed E-state index contributed by atoms with van der Waals surface area (Å²) in [7, 11) is 0.500. The lowest BCUT2D eigenvalue weighted by molar-refractivity contribution is -0.183. The van der Waals surface area contributed by atoms with Crippen LogP contribution < -0.4 is 25.1 Å². The molecule has 1 aromatic carbocycles. The van der Waals surface area contributed by atoms with Crippen molar-refractivity contribution in [3.63, 3.8) is 0 Å². The summed E-state index contributed by atoms with van der Waals surface area (Å²) < 4.78 is 61.8. The fourth-order valence-corrected chi connectivity index (χ4v) is 7.33. The number of thiophene rings is 1. The first-order chi connectivity index (χ1) is 23.2. The number of hydrogen-bond acceptors (Lipinski definition) is 11. The Bertz CT molecular complexity index is 1740. The van der Waals surface area contributed by atoms with E-state index >= 15 is 4.39 Å². The third-order valence-corrected chi connectivity index (χ3v) is 9.68. The minimum atomic E-state index is -2.15. The van der Waals surface area contributed by atoms with E-state index in [2.05, 4.69) is 28.0 Å². The van der Waals surface area contributed by atoms with Crippen LogP contribution in [0.4, 0.5) is 28.4 Å². The Hall–Kier alpha value is -3.81. The molecule has 4 aliphatic rings. The van der Waals surface area contributed by atoms with E-state index in [0.717, 1.165) is 30.7 Å². The summed E-state index contributed by atoms with van der Waals surface area (Å²) in [5.74, 6) is 0.109. The molecule has 0 spiro atoms. The van der Waals surface area contributed by atoms with E-state index in [4.69, 9.17) is 15.2 Å². The van der Waals surface area contributed by atoms with Gasteiger partial charge in [-0.3, -0.25) is 9.29 Å². The number of fused-ring (bicyclic) bond motifs is 3. The lowest BCUT2D eigenvalue weighted by Gasteiger charge is -2.25. The van der Waals surface area contributed by atoms with Gasteiger partial charge in [0.25, 0.3) is 0 Å². The van der Waals surface area contributed by atoms with Crippen LogP contribution in [0.5, 0.6) is 6.01 Å². The van der Waals surface area contributed by atoms with Crippen LogP contribution in [0.25, 0.3) is 23.3 Å². The molecular weight excluding hydrogens is 652 g/mol. The highest BCUT2D eigenvalue weighted by Gasteiger charge is 2.44. The molecule has 0 amide bonds. The van der Waals surface area contributed by atoms with Crippen molar-refractivity contribution in [1.82, 2.24) is 14.9 Å². The number of hydrogen-bond donors (Lipinski definition) is 3. The van der Waals surface area contributed by atoms with E-state index in [0.29, 0.717) is 74.1 Å². The molecule has 4 atom stereocenters. The second-order valence-corrected chi connectivity index (χ2v) is 12.6. The summed E-state index contributed by atoms with van der Waals surface area (Å²) in [6.07, 6.45) is 5.40. The highest BCUT2D eigenvalue weighted by atomic mass is 32.1. The third-order valence-electron chi connectivity index (χ3n) is 8.73. The number of aromatic nitrogens is 2. The first-order valence-corrected chi connectivity index (χ1v) is 16.2. The van der Waals surface area contributed by atoms with Gasteiger partial charge in [-0.05, 0) is 56.9 Å². The Morgan fingerprint density at radius 3 is 2.67 bits per heavy atom. The smallest absolute Gasteiger partial charge is 0.323 e. The van der Waals surface area contributed by atoms with Gasteiger partial charge in [-0.25, -0.2) is 13.2 Å². The molecule has 15 heteroatoms. The number of anilines is 2. The minimum absolute atomic E-state index is 0.0536. The lowest BCUT2D eigenvalue weighted by Crippen LogP contribution is -2.30. The van der Waals surface area contributed by atoms with E-state index in [1.54, 1.807) is 6.92 Å². The Labute approximate surface area is 280 Å². The van der Waals surface area contributed by atoms with E-state index in [1.807, 2.05) is 11.0 Å². The van der Waals surface area contributed by atoms with Gasteiger partial charge in [0.05, 0.1) is 36.0 Å². The summed E-state index contributed by atoms with van der Waals surface area (Å²) in [4.78, 5) is 13.0. The Balaban J connectivity index is 0.000000337. The highest BCUT2D eigenvalue weighted by molar-refractivity contribution is 7.14. The van der Waals surface area contributed by atoms with Gasteiger partial charge in [0.1, 0.15) is 35.2 Å². The molecule has 1 aliphatic carbocycles. The normalized spacial score (nSPS) is 23.5. The van der Waals surface area contributed by atoms with Crippen molar-refractivity contribution in [2.24, 2.45) is 5.92 Å². The average molecular weight is 693 g/mol. The number of nitrogen functional groups attached to an aromatic ring is 1. The molecule has 5 heterocycles. The van der Waals surface area contributed by atoms with Gasteiger partial charge in [0, 0.05) is 47.3 Å². The summed E-state index contributed by atoms with van der Waals surface area (Å²) in [6, 6.07) is 3.70. The summed E-state index contributed by atoms with van der Waals surface area (Å²) in [5, 5.41) is 28.9. The number of aliphatic hydroxyl groups excluding tert-OH is 1. The number of nitriles is 1. The molecule has 1 saturated carbocycles. The zero-order valence-electron chi connectivity index (χ0n) is 26.8. The number of nitrogens with two attached hydrogens (primary N) is 1. The monoisotopic (exact) mass is 692 g/mol. The summed E-state index contributed by atoms with van der Waals surface area (Å²) >= 11 is 0.889. The van der Waals surface area contributed by atoms with Crippen molar-refractivity contribution in [2.45, 2.75) is 57.3 Å². The van der Waals surface area contributed by atoms with Crippen LogP contribution in [0, 0.1) is 30.0 Å². The Morgan fingerprint density at radius 2 is 2.00 bits per heavy atom. The summed E-state index contributed by atoms with van der Waals surface area (Å²) in [6.45, 7) is 8.94. The lowest BCUT2D eigenvalue weighted by atomic mass is 10.0. The molecule has 3 aliphatic heterocycles. The number of aliphatic hydroxyl groups is 2. The maximum Gasteiger partial charge on any atom is 0.323 e. The Morgan fingerprint density at radius 1 is 1.25 bits per heavy atom. The molecule has 4 fully saturated rings. The van der Waals surface area contributed by atoms with Crippen LogP contribution in [0.1, 0.15) is 42.4 Å². The molecule has 4 N–H and O–H groups in total. The fourth-order valence-electron chi connectivity index (χ4n) is 6.52. The van der Waals surface area contributed by atoms with Gasteiger partial charge in [0.15, 0.2) is 0 Å². The van der Waals surface area contributed by atoms with Crippen molar-refractivity contribution in [1.29, 1.82) is 5.26 Å². The number of nitrogens with zero attached hydrogens (tertiary/aromatic N) is 5. The van der Waals surface area contributed by atoms with Gasteiger partial charge in [-0.15, -0.1) is 24.5 Å². The second-order valence-electron chi connectivity index (χ2n) is 11.5. The number of rotatable bonds is 4. The first-order valence-electron chi connectivity index (χ1n) is 15.4. The third kappa shape index (κ3) is 7.90. The topological polar surface area (TPSA) is 141 Å². The molecule has 48 heavy (non-hydrogen) atoms. The molecule has 7 rings (SSSR count). The van der Waals surface area contributed by atoms with E-state index in [-0.39, 0.29) is 37.9 Å². The molecule has 0 radical (unpaired) electrons. The van der Waals surface area contributed by atoms with Crippen molar-refractivity contribution in [3.05, 3.63) is 51.5 Å². The molecule has 3 aromatic rings.